The highest BCUT2D eigenvalue weighted by Crippen LogP contribution is 2.42. The molecule has 1 aromatic carbocycles. The van der Waals surface area contributed by atoms with Gasteiger partial charge >= 0.3 is 12.1 Å². The van der Waals surface area contributed by atoms with Crippen molar-refractivity contribution in [3.8, 4) is 11.4 Å². The molecule has 1 N–H and O–H groups in total. The largest absolute Gasteiger partial charge is 0.458 e. The zero-order valence-electron chi connectivity index (χ0n) is 15.3. The molecule has 2 aliphatic heterocycles. The molecule has 2 aliphatic rings. The lowest BCUT2D eigenvalue weighted by atomic mass is 9.86. The summed E-state index contributed by atoms with van der Waals surface area (Å²) in [4.78, 5) is 41.3. The Balaban J connectivity index is 1.89. The van der Waals surface area contributed by atoms with E-state index in [1.807, 2.05) is 0 Å². The quantitative estimate of drug-likeness (QED) is 0.400. The maximum atomic E-state index is 13.2. The number of hydrogen-bond donors (Lipinski definition) is 1. The summed E-state index contributed by atoms with van der Waals surface area (Å²) >= 11 is 0. The number of rotatable bonds is 2. The Labute approximate surface area is 163 Å². The Bertz CT molecular complexity index is 1300. The van der Waals surface area contributed by atoms with Gasteiger partial charge in [0.2, 0.25) is 0 Å². The molecule has 2 atom stereocenters. The molecule has 9 nitrogen and oxygen atoms in total. The third-order valence-corrected chi connectivity index (χ3v) is 5.70. The molecule has 0 radical (unpaired) electrons. The van der Waals surface area contributed by atoms with Crippen LogP contribution in [0.25, 0.3) is 22.3 Å². The number of fused-ring (bicyclic) bond motifs is 5. The summed E-state index contributed by atoms with van der Waals surface area (Å²) in [6, 6.07) is 10.3. The lowest BCUT2D eigenvalue weighted by Crippen LogP contribution is -2.45. The van der Waals surface area contributed by atoms with Crippen LogP contribution in [0.3, 0.4) is 0 Å². The number of hydrogen-bond acceptors (Lipinski definition) is 7. The van der Waals surface area contributed by atoms with Crippen LogP contribution < -0.4 is 5.56 Å². The number of nitro groups is 1. The topological polar surface area (TPSA) is 125 Å². The van der Waals surface area contributed by atoms with Crippen LogP contribution in [0.2, 0.25) is 0 Å². The van der Waals surface area contributed by atoms with Gasteiger partial charge in [-0.1, -0.05) is 25.1 Å². The van der Waals surface area contributed by atoms with E-state index in [1.54, 1.807) is 37.3 Å². The van der Waals surface area contributed by atoms with E-state index < -0.39 is 28.2 Å². The molecule has 5 rings (SSSR count). The van der Waals surface area contributed by atoms with Gasteiger partial charge in [-0.15, -0.1) is 0 Å². The molecule has 2 aromatic heterocycles. The molecule has 1 unspecified atom stereocenters. The fourth-order valence-electron chi connectivity index (χ4n) is 4.18. The summed E-state index contributed by atoms with van der Waals surface area (Å²) in [7, 11) is 0. The van der Waals surface area contributed by atoms with Gasteiger partial charge in [0.25, 0.3) is 5.56 Å². The van der Waals surface area contributed by atoms with E-state index in [1.165, 1.54) is 6.07 Å². The van der Waals surface area contributed by atoms with Crippen LogP contribution in [0.1, 0.15) is 36.2 Å². The minimum Gasteiger partial charge on any atom is -0.458 e. The third kappa shape index (κ3) is 2.16. The molecule has 0 saturated heterocycles. The van der Waals surface area contributed by atoms with Crippen molar-refractivity contribution in [2.45, 2.75) is 31.7 Å². The number of cyclic esters (lactones) is 1. The van der Waals surface area contributed by atoms with Crippen LogP contribution in [0.5, 0.6) is 0 Å². The Kier molecular flexibility index (Phi) is 3.45. The molecule has 0 fully saturated rings. The second-order valence-corrected chi connectivity index (χ2v) is 7.16. The number of ether oxygens (including phenoxy) is 1. The highest BCUT2D eigenvalue weighted by Gasteiger charge is 2.48. The predicted octanol–water partition coefficient (Wildman–Crippen LogP) is 1.85. The smallest absolute Gasteiger partial charge is 0.343 e. The zero-order valence-corrected chi connectivity index (χ0v) is 15.3. The van der Waals surface area contributed by atoms with Gasteiger partial charge in [0.05, 0.1) is 33.0 Å². The first-order valence-electron chi connectivity index (χ1n) is 9.09. The van der Waals surface area contributed by atoms with Gasteiger partial charge in [-0.25, -0.2) is 14.3 Å². The Morgan fingerprint density at radius 2 is 2.10 bits per heavy atom. The molecule has 0 aliphatic carbocycles. The number of carbonyl (C=O) groups is 1. The highest BCUT2D eigenvalue weighted by atomic mass is 16.6. The number of carbonyl (C=O) groups excluding carboxylic acids is 1. The number of esters is 1. The maximum absolute atomic E-state index is 13.2. The van der Waals surface area contributed by atoms with Gasteiger partial charge in [-0.2, -0.15) is 0 Å². The average molecular weight is 393 g/mol. The summed E-state index contributed by atoms with van der Waals surface area (Å²) in [5.41, 5.74) is -1.07. The lowest BCUT2D eigenvalue weighted by Gasteiger charge is -2.31. The first kappa shape index (κ1) is 17.5. The molecule has 3 aromatic rings. The SMILES string of the molecule is CC[C@@]1(O)C(=O)OCc2c1cc1n(c2=O)C([N+](=O)[O-])c2cc3ccccc3nc2-1. The van der Waals surface area contributed by atoms with Gasteiger partial charge in [-0.05, 0) is 24.6 Å². The second kappa shape index (κ2) is 5.71. The molecule has 0 spiro atoms. The number of aromatic nitrogens is 2. The molecular formula is C20H15N3O6. The lowest BCUT2D eigenvalue weighted by molar-refractivity contribution is -0.534. The van der Waals surface area contributed by atoms with Gasteiger partial charge < -0.3 is 9.84 Å². The standard InChI is InChI=1S/C20H15N3O6/c1-2-20(26)13-8-15-16-11(7-10-5-3-4-6-14(10)21-16)17(23(27)28)22(15)18(24)12(13)9-29-19(20)25/h3-8,17,26H,2,9H2,1H3/t17?,20-/m0/s1. The highest BCUT2D eigenvalue weighted by molar-refractivity contribution is 5.86. The molecule has 9 heteroatoms. The molecule has 0 bridgehead atoms. The zero-order chi connectivity index (χ0) is 20.5. The first-order chi connectivity index (χ1) is 13.9. The summed E-state index contributed by atoms with van der Waals surface area (Å²) in [5, 5.41) is 23.5. The Morgan fingerprint density at radius 1 is 1.34 bits per heavy atom. The Morgan fingerprint density at radius 3 is 2.83 bits per heavy atom. The van der Waals surface area contributed by atoms with Crippen LogP contribution in [0, 0.1) is 10.1 Å². The van der Waals surface area contributed by atoms with E-state index in [9.17, 15) is 24.8 Å². The van der Waals surface area contributed by atoms with E-state index in [0.717, 1.165) is 4.57 Å². The molecule has 0 amide bonds. The summed E-state index contributed by atoms with van der Waals surface area (Å²) in [6.07, 6.45) is -1.44. The average Bonchev–Trinajstić information content (AvgIpc) is 3.03. The number of pyridine rings is 2. The minimum atomic E-state index is -1.98. The maximum Gasteiger partial charge on any atom is 0.343 e. The van der Waals surface area contributed by atoms with E-state index >= 15 is 0 Å². The van der Waals surface area contributed by atoms with Crippen LogP contribution >= 0.6 is 0 Å². The van der Waals surface area contributed by atoms with Gasteiger partial charge in [-0.3, -0.25) is 14.9 Å². The van der Waals surface area contributed by atoms with Crippen molar-refractivity contribution in [3.63, 3.8) is 0 Å². The monoisotopic (exact) mass is 393 g/mol. The molecule has 4 heterocycles. The number of nitrogens with zero attached hydrogens (tertiary/aromatic N) is 3. The van der Waals surface area contributed by atoms with E-state index in [2.05, 4.69) is 4.98 Å². The second-order valence-electron chi connectivity index (χ2n) is 7.16. The number of para-hydroxylation sites is 1. The first-order valence-corrected chi connectivity index (χ1v) is 9.09. The van der Waals surface area contributed by atoms with E-state index in [-0.39, 0.29) is 29.8 Å². The van der Waals surface area contributed by atoms with Crippen molar-refractivity contribution in [2.24, 2.45) is 0 Å². The molecule has 146 valence electrons. The number of aliphatic hydroxyl groups is 1. The van der Waals surface area contributed by atoms with Crippen LogP contribution in [0.4, 0.5) is 0 Å². The minimum absolute atomic E-state index is 0.00159. The Hall–Kier alpha value is -3.59. The summed E-state index contributed by atoms with van der Waals surface area (Å²) in [6.45, 7) is 1.26. The predicted molar refractivity (Wildman–Crippen MR) is 101 cm³/mol. The van der Waals surface area contributed by atoms with Crippen molar-refractivity contribution in [3.05, 3.63) is 73.6 Å². The van der Waals surface area contributed by atoms with Crippen LogP contribution in [-0.2, 0) is 21.7 Å². The number of benzene rings is 1. The van der Waals surface area contributed by atoms with Crippen molar-refractivity contribution in [1.29, 1.82) is 0 Å². The van der Waals surface area contributed by atoms with Crippen molar-refractivity contribution in [1.82, 2.24) is 9.55 Å². The van der Waals surface area contributed by atoms with Crippen molar-refractivity contribution in [2.75, 3.05) is 0 Å². The fraction of sp³-hybridized carbons (Fsp3) is 0.250. The summed E-state index contributed by atoms with van der Waals surface area (Å²) in [5.74, 6) is -0.840. The van der Waals surface area contributed by atoms with E-state index in [4.69, 9.17) is 4.74 Å². The van der Waals surface area contributed by atoms with Gasteiger partial charge in [0, 0.05) is 10.9 Å². The normalized spacial score (nSPS) is 22.0. The molecule has 29 heavy (non-hydrogen) atoms. The van der Waals surface area contributed by atoms with Crippen molar-refractivity contribution < 1.29 is 19.6 Å². The third-order valence-electron chi connectivity index (χ3n) is 5.70. The van der Waals surface area contributed by atoms with Crippen LogP contribution in [0.15, 0.2) is 41.2 Å². The van der Waals surface area contributed by atoms with Gasteiger partial charge in [0.15, 0.2) is 5.60 Å². The van der Waals surface area contributed by atoms with Crippen molar-refractivity contribution >= 4 is 16.9 Å². The van der Waals surface area contributed by atoms with E-state index in [0.29, 0.717) is 22.2 Å². The van der Waals surface area contributed by atoms with Gasteiger partial charge in [0.1, 0.15) is 6.61 Å². The molecular weight excluding hydrogens is 378 g/mol. The fourth-order valence-corrected chi connectivity index (χ4v) is 4.18. The summed E-state index contributed by atoms with van der Waals surface area (Å²) < 4.78 is 6.06. The van der Waals surface area contributed by atoms with Crippen LogP contribution in [-0.4, -0.2) is 25.6 Å². The molecule has 0 saturated carbocycles.